The van der Waals surface area contributed by atoms with Crippen molar-refractivity contribution in [3.05, 3.63) is 28.2 Å². The Hall–Kier alpha value is -1.05. The molecule has 1 aliphatic rings. The Bertz CT molecular complexity index is 428. The Labute approximate surface area is 104 Å². The fraction of sp³-hybridized carbons (Fsp3) is 0.417. The lowest BCUT2D eigenvalue weighted by Gasteiger charge is -2.35. The van der Waals surface area contributed by atoms with Crippen LogP contribution in [0.4, 0.5) is 5.69 Å². The third kappa shape index (κ3) is 2.21. The lowest BCUT2D eigenvalue weighted by molar-refractivity contribution is 0.0989. The first-order chi connectivity index (χ1) is 7.72. The lowest BCUT2D eigenvalue weighted by Crippen LogP contribution is -2.44. The summed E-state index contributed by atoms with van der Waals surface area (Å²) in [6.45, 7) is 4.41. The molecule has 16 heavy (non-hydrogen) atoms. The molecule has 1 fully saturated rings. The molecule has 84 valence electrons. The van der Waals surface area contributed by atoms with Crippen molar-refractivity contribution in [3.63, 3.8) is 0 Å². The number of morpholine rings is 1. The molecule has 0 bridgehead atoms. The van der Waals surface area contributed by atoms with E-state index in [1.165, 1.54) is 0 Å². The maximum Gasteiger partial charge on any atom is 0.101 e. The van der Waals surface area contributed by atoms with Crippen LogP contribution in [0, 0.1) is 11.3 Å². The van der Waals surface area contributed by atoms with E-state index in [2.05, 4.69) is 33.8 Å². The van der Waals surface area contributed by atoms with E-state index < -0.39 is 0 Å². The third-order valence-electron chi connectivity index (χ3n) is 2.76. The van der Waals surface area contributed by atoms with E-state index in [1.54, 1.807) is 0 Å². The zero-order valence-corrected chi connectivity index (χ0v) is 10.7. The van der Waals surface area contributed by atoms with Gasteiger partial charge in [-0.3, -0.25) is 0 Å². The molecule has 0 aromatic heterocycles. The standard InChI is InChI=1S/C12H13BrN2O/c1-9-8-16-5-4-15(9)12-3-2-11(13)6-10(12)7-14/h2-3,6,9H,4-5,8H2,1H3. The number of nitriles is 1. The zero-order valence-electron chi connectivity index (χ0n) is 9.11. The predicted octanol–water partition coefficient (Wildman–Crippen LogP) is 2.55. The second-order valence-electron chi connectivity index (χ2n) is 3.89. The summed E-state index contributed by atoms with van der Waals surface area (Å²) in [6.07, 6.45) is 0. The fourth-order valence-electron chi connectivity index (χ4n) is 1.93. The predicted molar refractivity (Wildman–Crippen MR) is 66.5 cm³/mol. The van der Waals surface area contributed by atoms with E-state index in [0.717, 1.165) is 29.9 Å². The van der Waals surface area contributed by atoms with E-state index in [4.69, 9.17) is 10.00 Å². The summed E-state index contributed by atoms with van der Waals surface area (Å²) in [5.74, 6) is 0. The second-order valence-corrected chi connectivity index (χ2v) is 4.81. The Morgan fingerprint density at radius 1 is 1.56 bits per heavy atom. The molecule has 1 unspecified atom stereocenters. The van der Waals surface area contributed by atoms with E-state index in [9.17, 15) is 0 Å². The van der Waals surface area contributed by atoms with Crippen molar-refractivity contribution in [1.29, 1.82) is 5.26 Å². The van der Waals surface area contributed by atoms with Gasteiger partial charge in [0.1, 0.15) is 6.07 Å². The van der Waals surface area contributed by atoms with Crippen LogP contribution < -0.4 is 4.90 Å². The van der Waals surface area contributed by atoms with Gasteiger partial charge in [-0.15, -0.1) is 0 Å². The van der Waals surface area contributed by atoms with Crippen LogP contribution in [-0.2, 0) is 4.74 Å². The molecule has 0 N–H and O–H groups in total. The van der Waals surface area contributed by atoms with Gasteiger partial charge in [0.2, 0.25) is 0 Å². The summed E-state index contributed by atoms with van der Waals surface area (Å²) in [5, 5.41) is 9.13. The van der Waals surface area contributed by atoms with Gasteiger partial charge in [-0.25, -0.2) is 0 Å². The van der Waals surface area contributed by atoms with E-state index in [-0.39, 0.29) is 0 Å². The molecular weight excluding hydrogens is 268 g/mol. The van der Waals surface area contributed by atoms with Gasteiger partial charge in [-0.1, -0.05) is 15.9 Å². The van der Waals surface area contributed by atoms with E-state index >= 15 is 0 Å². The molecule has 1 aromatic carbocycles. The Kier molecular flexibility index (Phi) is 3.47. The van der Waals surface area contributed by atoms with Gasteiger partial charge in [0.15, 0.2) is 0 Å². The Morgan fingerprint density at radius 3 is 3.06 bits per heavy atom. The SMILES string of the molecule is CC1COCCN1c1ccc(Br)cc1C#N. The van der Waals surface area contributed by atoms with Gasteiger partial charge in [0.05, 0.1) is 24.5 Å². The van der Waals surface area contributed by atoms with Crippen LogP contribution in [0.3, 0.4) is 0 Å². The highest BCUT2D eigenvalue weighted by atomic mass is 79.9. The maximum absolute atomic E-state index is 9.13. The topological polar surface area (TPSA) is 36.3 Å². The largest absolute Gasteiger partial charge is 0.377 e. The quantitative estimate of drug-likeness (QED) is 0.793. The molecule has 1 atom stereocenters. The van der Waals surface area contributed by atoms with Crippen LogP contribution >= 0.6 is 15.9 Å². The van der Waals surface area contributed by atoms with Crippen LogP contribution in [-0.4, -0.2) is 25.8 Å². The summed E-state index contributed by atoms with van der Waals surface area (Å²) < 4.78 is 6.34. The highest BCUT2D eigenvalue weighted by molar-refractivity contribution is 9.10. The highest BCUT2D eigenvalue weighted by Crippen LogP contribution is 2.26. The van der Waals surface area contributed by atoms with E-state index in [1.807, 2.05) is 18.2 Å². The van der Waals surface area contributed by atoms with Crippen LogP contribution in [0.1, 0.15) is 12.5 Å². The lowest BCUT2D eigenvalue weighted by atomic mass is 10.1. The van der Waals surface area contributed by atoms with Gasteiger partial charge in [0.25, 0.3) is 0 Å². The van der Waals surface area contributed by atoms with Crippen molar-refractivity contribution in [2.45, 2.75) is 13.0 Å². The number of nitrogens with zero attached hydrogens (tertiary/aromatic N) is 2. The molecule has 3 nitrogen and oxygen atoms in total. The molecule has 0 aliphatic carbocycles. The molecule has 0 spiro atoms. The summed E-state index contributed by atoms with van der Waals surface area (Å²) in [5.41, 5.74) is 1.71. The minimum absolute atomic E-state index is 0.321. The molecule has 1 heterocycles. The molecule has 0 amide bonds. The summed E-state index contributed by atoms with van der Waals surface area (Å²) in [6, 6.07) is 8.38. The molecule has 1 aromatic rings. The molecule has 2 rings (SSSR count). The van der Waals surface area contributed by atoms with Crippen molar-refractivity contribution >= 4 is 21.6 Å². The molecule has 1 aliphatic heterocycles. The zero-order chi connectivity index (χ0) is 11.5. The van der Waals surface area contributed by atoms with Crippen molar-refractivity contribution in [1.82, 2.24) is 0 Å². The summed E-state index contributed by atoms with van der Waals surface area (Å²) in [7, 11) is 0. The first-order valence-electron chi connectivity index (χ1n) is 5.26. The van der Waals surface area contributed by atoms with Crippen molar-refractivity contribution in [2.24, 2.45) is 0 Å². The Morgan fingerprint density at radius 2 is 2.38 bits per heavy atom. The third-order valence-corrected chi connectivity index (χ3v) is 3.25. The number of benzene rings is 1. The normalized spacial score (nSPS) is 20.6. The Balaban J connectivity index is 2.35. The molecule has 0 radical (unpaired) electrons. The first kappa shape index (κ1) is 11.4. The number of hydrogen-bond donors (Lipinski definition) is 0. The summed E-state index contributed by atoms with van der Waals surface area (Å²) in [4.78, 5) is 2.23. The van der Waals surface area contributed by atoms with E-state index in [0.29, 0.717) is 11.6 Å². The van der Waals surface area contributed by atoms with Gasteiger partial charge < -0.3 is 9.64 Å². The minimum Gasteiger partial charge on any atom is -0.377 e. The van der Waals surface area contributed by atoms with Gasteiger partial charge >= 0.3 is 0 Å². The average molecular weight is 281 g/mol. The van der Waals surface area contributed by atoms with Crippen molar-refractivity contribution < 1.29 is 4.74 Å². The highest BCUT2D eigenvalue weighted by Gasteiger charge is 2.21. The van der Waals surface area contributed by atoms with Gasteiger partial charge in [-0.05, 0) is 25.1 Å². The number of halogens is 1. The van der Waals surface area contributed by atoms with Crippen molar-refractivity contribution in [3.8, 4) is 6.07 Å². The average Bonchev–Trinajstić information content (AvgIpc) is 2.30. The maximum atomic E-state index is 9.13. The second kappa shape index (κ2) is 4.86. The van der Waals surface area contributed by atoms with Gasteiger partial charge in [-0.2, -0.15) is 5.26 Å². The number of rotatable bonds is 1. The van der Waals surface area contributed by atoms with Crippen LogP contribution in [0.5, 0.6) is 0 Å². The number of anilines is 1. The fourth-order valence-corrected chi connectivity index (χ4v) is 2.29. The molecule has 1 saturated heterocycles. The molecular formula is C12H13BrN2O. The van der Waals surface area contributed by atoms with Crippen molar-refractivity contribution in [2.75, 3.05) is 24.7 Å². The van der Waals surface area contributed by atoms with Crippen LogP contribution in [0.25, 0.3) is 0 Å². The summed E-state index contributed by atoms with van der Waals surface area (Å²) >= 11 is 3.38. The molecule has 4 heteroatoms. The van der Waals surface area contributed by atoms with Gasteiger partial charge in [0, 0.05) is 17.1 Å². The first-order valence-corrected chi connectivity index (χ1v) is 6.05. The smallest absolute Gasteiger partial charge is 0.101 e. The number of ether oxygens (including phenoxy) is 1. The number of hydrogen-bond acceptors (Lipinski definition) is 3. The van der Waals surface area contributed by atoms with Crippen LogP contribution in [0.15, 0.2) is 22.7 Å². The monoisotopic (exact) mass is 280 g/mol. The van der Waals surface area contributed by atoms with Crippen LogP contribution in [0.2, 0.25) is 0 Å². The molecule has 0 saturated carbocycles. The minimum atomic E-state index is 0.321.